The zero-order chi connectivity index (χ0) is 20.2. The normalized spacial score (nSPS) is 15.3. The molecule has 0 aliphatic carbocycles. The Morgan fingerprint density at radius 1 is 1.17 bits per heavy atom. The summed E-state index contributed by atoms with van der Waals surface area (Å²) in [7, 11) is 0. The number of rotatable bonds is 6. The molecule has 1 saturated heterocycles. The molecule has 1 fully saturated rings. The molecule has 1 aliphatic heterocycles. The summed E-state index contributed by atoms with van der Waals surface area (Å²) in [6.45, 7) is 0.478. The third-order valence-electron chi connectivity index (χ3n) is 4.20. The molecule has 2 heterocycles. The number of hydrazine groups is 1. The smallest absolute Gasteiger partial charge is 0.280 e. The number of hydrogen-bond donors (Lipinski definition) is 1. The number of nitrogens with two attached hydrogens (primary N) is 1. The summed E-state index contributed by atoms with van der Waals surface area (Å²) in [5.41, 5.74) is 2.65. The lowest BCUT2D eigenvalue weighted by Crippen LogP contribution is -2.34. The van der Waals surface area contributed by atoms with Crippen LogP contribution in [0.5, 0.6) is 5.75 Å². The number of amides is 1. The van der Waals surface area contributed by atoms with Gasteiger partial charge in [0.2, 0.25) is 5.89 Å². The Morgan fingerprint density at radius 2 is 1.93 bits per heavy atom. The van der Waals surface area contributed by atoms with Gasteiger partial charge in [-0.3, -0.25) is 4.79 Å². The van der Waals surface area contributed by atoms with Gasteiger partial charge in [0.25, 0.3) is 5.91 Å². The number of aromatic nitrogens is 1. The van der Waals surface area contributed by atoms with E-state index in [1.54, 1.807) is 12.3 Å². The Bertz CT molecular complexity index is 1060. The van der Waals surface area contributed by atoms with Gasteiger partial charge in [-0.2, -0.15) is 0 Å². The number of hydrogen-bond acceptors (Lipinski definition) is 7. The zero-order valence-corrected chi connectivity index (χ0v) is 16.9. The second-order valence-electron chi connectivity index (χ2n) is 6.23. The molecule has 6 nitrogen and oxygen atoms in total. The summed E-state index contributed by atoms with van der Waals surface area (Å²) in [5, 5.41) is 0.983. The van der Waals surface area contributed by atoms with Crippen molar-refractivity contribution in [3.63, 3.8) is 0 Å². The number of nitrogens with zero attached hydrogens (tertiary/aromatic N) is 2. The van der Waals surface area contributed by atoms with Gasteiger partial charge in [-0.25, -0.2) is 15.8 Å². The van der Waals surface area contributed by atoms with Gasteiger partial charge in [0, 0.05) is 12.0 Å². The Kier molecular flexibility index (Phi) is 5.75. The van der Waals surface area contributed by atoms with Crippen molar-refractivity contribution >= 4 is 40.3 Å². The largest absolute Gasteiger partial charge is 0.493 e. The van der Waals surface area contributed by atoms with Crippen LogP contribution in [0.1, 0.15) is 11.3 Å². The lowest BCUT2D eigenvalue weighted by molar-refractivity contribution is -0.122. The predicted molar refractivity (Wildman–Crippen MR) is 117 cm³/mol. The standard InChI is InChI=1S/C21H17N3O3S2/c22-24-20(25)18(29-21(24)28)12-14-6-8-17(9-7-14)26-11-10-16-13-27-19(23-16)15-4-2-1-3-5-15/h1-9,12-13H,10-11,22H2/b18-12-. The van der Waals surface area contributed by atoms with Crippen LogP contribution in [0.3, 0.4) is 0 Å². The monoisotopic (exact) mass is 423 g/mol. The van der Waals surface area contributed by atoms with Crippen LogP contribution in [-0.2, 0) is 11.2 Å². The average Bonchev–Trinajstić information content (AvgIpc) is 3.31. The molecular weight excluding hydrogens is 406 g/mol. The lowest BCUT2D eigenvalue weighted by Gasteiger charge is -2.05. The summed E-state index contributed by atoms with van der Waals surface area (Å²) < 4.78 is 11.7. The van der Waals surface area contributed by atoms with Crippen LogP contribution in [0.4, 0.5) is 0 Å². The molecule has 0 saturated carbocycles. The number of thiocarbonyl (C=S) groups is 1. The van der Waals surface area contributed by atoms with E-state index in [9.17, 15) is 4.79 Å². The van der Waals surface area contributed by atoms with E-state index in [-0.39, 0.29) is 5.91 Å². The molecule has 0 bridgehead atoms. The maximum Gasteiger partial charge on any atom is 0.280 e. The van der Waals surface area contributed by atoms with E-state index in [0.717, 1.165) is 27.6 Å². The van der Waals surface area contributed by atoms with E-state index >= 15 is 0 Å². The van der Waals surface area contributed by atoms with Gasteiger partial charge < -0.3 is 9.15 Å². The van der Waals surface area contributed by atoms with Crippen molar-refractivity contribution < 1.29 is 13.9 Å². The molecule has 0 spiro atoms. The van der Waals surface area contributed by atoms with Crippen molar-refractivity contribution in [1.29, 1.82) is 0 Å². The van der Waals surface area contributed by atoms with Crippen molar-refractivity contribution in [3.05, 3.63) is 77.0 Å². The van der Waals surface area contributed by atoms with Crippen LogP contribution >= 0.6 is 24.0 Å². The van der Waals surface area contributed by atoms with E-state index in [0.29, 0.717) is 28.1 Å². The van der Waals surface area contributed by atoms with Crippen LogP contribution < -0.4 is 10.6 Å². The van der Waals surface area contributed by atoms with Gasteiger partial charge >= 0.3 is 0 Å². The fraction of sp³-hybridized carbons (Fsp3) is 0.0952. The van der Waals surface area contributed by atoms with E-state index in [1.165, 1.54) is 11.8 Å². The van der Waals surface area contributed by atoms with Crippen molar-refractivity contribution in [2.24, 2.45) is 5.84 Å². The zero-order valence-electron chi connectivity index (χ0n) is 15.3. The van der Waals surface area contributed by atoms with Crippen LogP contribution in [-0.4, -0.2) is 26.8 Å². The van der Waals surface area contributed by atoms with E-state index in [1.807, 2.05) is 54.6 Å². The number of carbonyl (C=O) groups excluding carboxylic acids is 1. The van der Waals surface area contributed by atoms with Crippen molar-refractivity contribution in [2.45, 2.75) is 6.42 Å². The highest BCUT2D eigenvalue weighted by atomic mass is 32.2. The summed E-state index contributed by atoms with van der Waals surface area (Å²) in [6, 6.07) is 17.2. The van der Waals surface area contributed by atoms with Gasteiger partial charge in [0.15, 0.2) is 4.32 Å². The average molecular weight is 424 g/mol. The van der Waals surface area contributed by atoms with Gasteiger partial charge in [0.05, 0.1) is 17.2 Å². The van der Waals surface area contributed by atoms with Gasteiger partial charge in [0.1, 0.15) is 12.0 Å². The number of oxazole rings is 1. The minimum absolute atomic E-state index is 0.289. The van der Waals surface area contributed by atoms with Crippen molar-refractivity contribution in [1.82, 2.24) is 9.99 Å². The topological polar surface area (TPSA) is 81.6 Å². The van der Waals surface area contributed by atoms with Crippen LogP contribution in [0.25, 0.3) is 17.5 Å². The molecule has 29 heavy (non-hydrogen) atoms. The van der Waals surface area contributed by atoms with E-state index in [4.69, 9.17) is 27.2 Å². The quantitative estimate of drug-likeness (QED) is 0.277. The maximum atomic E-state index is 11.9. The predicted octanol–water partition coefficient (Wildman–Crippen LogP) is 4.04. The molecule has 1 aromatic heterocycles. The molecule has 0 radical (unpaired) electrons. The van der Waals surface area contributed by atoms with Crippen LogP contribution in [0.2, 0.25) is 0 Å². The van der Waals surface area contributed by atoms with Gasteiger partial charge in [-0.1, -0.05) is 54.3 Å². The summed E-state index contributed by atoms with van der Waals surface area (Å²) in [6.07, 6.45) is 4.05. The first-order chi connectivity index (χ1) is 14.1. The number of carbonyl (C=O) groups is 1. The molecule has 1 aliphatic rings. The van der Waals surface area contributed by atoms with Gasteiger partial charge in [-0.15, -0.1) is 0 Å². The summed E-state index contributed by atoms with van der Waals surface area (Å²) in [4.78, 5) is 16.9. The van der Waals surface area contributed by atoms with Crippen molar-refractivity contribution in [3.8, 4) is 17.2 Å². The second kappa shape index (κ2) is 8.60. The molecule has 2 N–H and O–H groups in total. The molecule has 0 unspecified atom stereocenters. The number of ether oxygens (including phenoxy) is 1. The van der Waals surface area contributed by atoms with Gasteiger partial charge in [-0.05, 0) is 35.9 Å². The Morgan fingerprint density at radius 3 is 2.62 bits per heavy atom. The van der Waals surface area contributed by atoms with E-state index < -0.39 is 0 Å². The molecule has 1 amide bonds. The molecule has 4 rings (SSSR count). The fourth-order valence-corrected chi connectivity index (χ4v) is 3.80. The fourth-order valence-electron chi connectivity index (χ4n) is 2.70. The number of thioether (sulfide) groups is 1. The minimum Gasteiger partial charge on any atom is -0.493 e. The first kappa shape index (κ1) is 19.4. The van der Waals surface area contributed by atoms with Crippen molar-refractivity contribution in [2.75, 3.05) is 6.61 Å². The third kappa shape index (κ3) is 4.56. The molecule has 8 heteroatoms. The molecule has 2 aromatic carbocycles. The Balaban J connectivity index is 1.32. The number of benzene rings is 2. The Labute approximate surface area is 177 Å². The summed E-state index contributed by atoms with van der Waals surface area (Å²) in [5.74, 6) is 6.63. The first-order valence-corrected chi connectivity index (χ1v) is 10.1. The summed E-state index contributed by atoms with van der Waals surface area (Å²) >= 11 is 6.21. The molecule has 146 valence electrons. The highest BCUT2D eigenvalue weighted by Gasteiger charge is 2.29. The second-order valence-corrected chi connectivity index (χ2v) is 7.90. The molecule has 0 atom stereocenters. The minimum atomic E-state index is -0.289. The Hall–Kier alpha value is -2.94. The van der Waals surface area contributed by atoms with E-state index in [2.05, 4.69) is 4.98 Å². The van der Waals surface area contributed by atoms with Crippen LogP contribution in [0, 0.1) is 0 Å². The third-order valence-corrected chi connectivity index (χ3v) is 5.53. The molecule has 3 aromatic rings. The SMILES string of the molecule is NN1C(=O)/C(=C/c2ccc(OCCc3coc(-c4ccccc4)n3)cc2)SC1=S. The highest BCUT2D eigenvalue weighted by molar-refractivity contribution is 8.26. The first-order valence-electron chi connectivity index (χ1n) is 8.85. The van der Waals surface area contributed by atoms with Crippen LogP contribution in [0.15, 0.2) is 70.2 Å². The highest BCUT2D eigenvalue weighted by Crippen LogP contribution is 2.30. The maximum absolute atomic E-state index is 11.9. The molecular formula is C21H17N3O3S2. The lowest BCUT2D eigenvalue weighted by atomic mass is 10.2.